The predicted octanol–water partition coefficient (Wildman–Crippen LogP) is 3.13. The number of nitrogens with zero attached hydrogens (tertiary/aromatic N) is 1. The van der Waals surface area contributed by atoms with E-state index in [1.165, 1.54) is 45.2 Å². The van der Waals surface area contributed by atoms with Crippen LogP contribution in [0.4, 0.5) is 0 Å². The second-order valence-corrected chi connectivity index (χ2v) is 7.28. The summed E-state index contributed by atoms with van der Waals surface area (Å²) in [6, 6.07) is 1.78. The van der Waals surface area contributed by atoms with Gasteiger partial charge in [-0.05, 0) is 70.0 Å². The lowest BCUT2D eigenvalue weighted by molar-refractivity contribution is 0.132. The average Bonchev–Trinajstić information content (AvgIpc) is 2.51. The first-order valence-electron chi connectivity index (χ1n) is 7.99. The Balaban J connectivity index is 1.63. The average molecular weight is 252 g/mol. The van der Waals surface area contributed by atoms with Gasteiger partial charge in [-0.15, -0.1) is 0 Å². The standard InChI is InChI=1S/C16H32N2/c1-12(2)7-13(3)10-17-11-14-8-15-5-6-16(9-14)18(15)4/h12-17H,5-11H2,1-4H3. The maximum absolute atomic E-state index is 3.73. The summed E-state index contributed by atoms with van der Waals surface area (Å²) < 4.78 is 0. The quantitative estimate of drug-likeness (QED) is 0.781. The molecule has 0 spiro atoms. The molecule has 2 saturated heterocycles. The van der Waals surface area contributed by atoms with Crippen molar-refractivity contribution in [2.45, 2.75) is 65.0 Å². The van der Waals surface area contributed by atoms with E-state index in [0.717, 1.165) is 29.8 Å². The molecular weight excluding hydrogens is 220 g/mol. The number of nitrogens with one attached hydrogen (secondary N) is 1. The molecule has 2 heterocycles. The number of rotatable bonds is 6. The molecule has 2 rings (SSSR count). The summed E-state index contributed by atoms with van der Waals surface area (Å²) in [6.45, 7) is 9.49. The van der Waals surface area contributed by atoms with Crippen LogP contribution in [-0.4, -0.2) is 37.1 Å². The molecule has 106 valence electrons. The van der Waals surface area contributed by atoms with Gasteiger partial charge < -0.3 is 10.2 Å². The number of piperidine rings is 1. The molecule has 2 heteroatoms. The number of fused-ring (bicyclic) bond motifs is 2. The third kappa shape index (κ3) is 3.71. The van der Waals surface area contributed by atoms with E-state index in [-0.39, 0.29) is 0 Å². The van der Waals surface area contributed by atoms with Crippen LogP contribution in [0.25, 0.3) is 0 Å². The van der Waals surface area contributed by atoms with Crippen LogP contribution < -0.4 is 5.32 Å². The first-order valence-corrected chi connectivity index (χ1v) is 7.99. The molecule has 3 unspecified atom stereocenters. The largest absolute Gasteiger partial charge is 0.316 e. The third-order valence-electron chi connectivity index (χ3n) is 5.00. The monoisotopic (exact) mass is 252 g/mol. The van der Waals surface area contributed by atoms with Gasteiger partial charge in [0.1, 0.15) is 0 Å². The summed E-state index contributed by atoms with van der Waals surface area (Å²) in [5.74, 6) is 2.60. The lowest BCUT2D eigenvalue weighted by atomic mass is 9.91. The van der Waals surface area contributed by atoms with Crippen LogP contribution in [0.2, 0.25) is 0 Å². The van der Waals surface area contributed by atoms with Gasteiger partial charge in [-0.1, -0.05) is 20.8 Å². The Bertz CT molecular complexity index is 237. The van der Waals surface area contributed by atoms with Crippen LogP contribution in [0.5, 0.6) is 0 Å². The van der Waals surface area contributed by atoms with Gasteiger partial charge in [-0.3, -0.25) is 0 Å². The van der Waals surface area contributed by atoms with E-state index in [0.29, 0.717) is 0 Å². The normalized spacial score (nSPS) is 34.2. The molecule has 0 radical (unpaired) electrons. The highest BCUT2D eigenvalue weighted by Crippen LogP contribution is 2.36. The van der Waals surface area contributed by atoms with Gasteiger partial charge in [-0.25, -0.2) is 0 Å². The number of hydrogen-bond acceptors (Lipinski definition) is 2. The van der Waals surface area contributed by atoms with Gasteiger partial charge in [0.25, 0.3) is 0 Å². The summed E-state index contributed by atoms with van der Waals surface area (Å²) in [5, 5.41) is 3.73. The van der Waals surface area contributed by atoms with Crippen LogP contribution in [0.1, 0.15) is 52.9 Å². The van der Waals surface area contributed by atoms with Crippen molar-refractivity contribution in [3.63, 3.8) is 0 Å². The minimum absolute atomic E-state index is 0.827. The summed E-state index contributed by atoms with van der Waals surface area (Å²) in [4.78, 5) is 2.64. The molecule has 0 saturated carbocycles. The van der Waals surface area contributed by atoms with Gasteiger partial charge in [0.15, 0.2) is 0 Å². The minimum Gasteiger partial charge on any atom is -0.316 e. The minimum atomic E-state index is 0.827. The van der Waals surface area contributed by atoms with E-state index in [1.807, 2.05) is 0 Å². The summed E-state index contributed by atoms with van der Waals surface area (Å²) in [5.41, 5.74) is 0. The molecule has 2 fully saturated rings. The van der Waals surface area contributed by atoms with Crippen LogP contribution >= 0.6 is 0 Å². The van der Waals surface area contributed by atoms with Crippen LogP contribution in [0.15, 0.2) is 0 Å². The lowest BCUT2D eigenvalue weighted by Crippen LogP contribution is -2.42. The molecule has 2 aliphatic rings. The molecular formula is C16H32N2. The van der Waals surface area contributed by atoms with Gasteiger partial charge in [-0.2, -0.15) is 0 Å². The molecule has 0 aliphatic carbocycles. The Morgan fingerprint density at radius 2 is 1.72 bits per heavy atom. The Hall–Kier alpha value is -0.0800. The molecule has 2 aliphatic heterocycles. The third-order valence-corrected chi connectivity index (χ3v) is 5.00. The van der Waals surface area contributed by atoms with E-state index in [9.17, 15) is 0 Å². The van der Waals surface area contributed by atoms with Crippen molar-refractivity contribution in [1.82, 2.24) is 10.2 Å². The van der Waals surface area contributed by atoms with Crippen molar-refractivity contribution in [1.29, 1.82) is 0 Å². The Morgan fingerprint density at radius 3 is 2.28 bits per heavy atom. The highest BCUT2D eigenvalue weighted by molar-refractivity contribution is 4.93. The molecule has 3 atom stereocenters. The number of hydrogen-bond donors (Lipinski definition) is 1. The van der Waals surface area contributed by atoms with Crippen molar-refractivity contribution in [2.75, 3.05) is 20.1 Å². The molecule has 0 aromatic heterocycles. The van der Waals surface area contributed by atoms with Crippen LogP contribution in [0, 0.1) is 17.8 Å². The fourth-order valence-corrected chi connectivity index (χ4v) is 4.11. The van der Waals surface area contributed by atoms with Gasteiger partial charge in [0.05, 0.1) is 0 Å². The van der Waals surface area contributed by atoms with E-state index in [4.69, 9.17) is 0 Å². The second-order valence-electron chi connectivity index (χ2n) is 7.28. The fourth-order valence-electron chi connectivity index (χ4n) is 4.11. The van der Waals surface area contributed by atoms with Gasteiger partial charge >= 0.3 is 0 Å². The Kier molecular flexibility index (Phi) is 5.08. The predicted molar refractivity (Wildman–Crippen MR) is 78.8 cm³/mol. The molecule has 1 N–H and O–H groups in total. The topological polar surface area (TPSA) is 15.3 Å². The molecule has 2 nitrogen and oxygen atoms in total. The van der Waals surface area contributed by atoms with Crippen LogP contribution in [0.3, 0.4) is 0 Å². The highest BCUT2D eigenvalue weighted by Gasteiger charge is 2.37. The van der Waals surface area contributed by atoms with Crippen molar-refractivity contribution in [3.8, 4) is 0 Å². The fraction of sp³-hybridized carbons (Fsp3) is 1.00. The zero-order valence-corrected chi connectivity index (χ0v) is 12.8. The van der Waals surface area contributed by atoms with Crippen molar-refractivity contribution >= 4 is 0 Å². The highest BCUT2D eigenvalue weighted by atomic mass is 15.2. The van der Waals surface area contributed by atoms with Crippen LogP contribution in [-0.2, 0) is 0 Å². The molecule has 0 aromatic rings. The van der Waals surface area contributed by atoms with E-state index in [1.54, 1.807) is 0 Å². The zero-order chi connectivity index (χ0) is 13.1. The molecule has 18 heavy (non-hydrogen) atoms. The zero-order valence-electron chi connectivity index (χ0n) is 12.8. The summed E-state index contributed by atoms with van der Waals surface area (Å²) in [7, 11) is 2.33. The van der Waals surface area contributed by atoms with Gasteiger partial charge in [0.2, 0.25) is 0 Å². The first kappa shape index (κ1) is 14.3. The van der Waals surface area contributed by atoms with E-state index < -0.39 is 0 Å². The Morgan fingerprint density at radius 1 is 1.11 bits per heavy atom. The summed E-state index contributed by atoms with van der Waals surface area (Å²) >= 11 is 0. The molecule has 0 aromatic carbocycles. The maximum atomic E-state index is 3.73. The summed E-state index contributed by atoms with van der Waals surface area (Å²) in [6.07, 6.45) is 7.10. The van der Waals surface area contributed by atoms with Gasteiger partial charge in [0, 0.05) is 12.1 Å². The maximum Gasteiger partial charge on any atom is 0.00988 e. The smallest absolute Gasteiger partial charge is 0.00988 e. The Labute approximate surface area is 114 Å². The first-order chi connectivity index (χ1) is 8.56. The van der Waals surface area contributed by atoms with Crippen molar-refractivity contribution in [2.24, 2.45) is 17.8 Å². The molecule has 0 amide bonds. The second kappa shape index (κ2) is 6.38. The SMILES string of the molecule is CC(C)CC(C)CNCC1CC2CCC(C1)N2C. The van der Waals surface area contributed by atoms with E-state index >= 15 is 0 Å². The van der Waals surface area contributed by atoms with Crippen molar-refractivity contribution in [3.05, 3.63) is 0 Å². The lowest BCUT2D eigenvalue weighted by Gasteiger charge is -2.36. The van der Waals surface area contributed by atoms with E-state index in [2.05, 4.69) is 38.0 Å². The van der Waals surface area contributed by atoms with Crippen molar-refractivity contribution < 1.29 is 0 Å². The molecule has 2 bridgehead atoms.